The maximum absolute atomic E-state index is 8.25. The van der Waals surface area contributed by atoms with Crippen molar-refractivity contribution in [2.75, 3.05) is 0 Å². The molecule has 0 aromatic carbocycles. The van der Waals surface area contributed by atoms with Crippen LogP contribution in [0.4, 0.5) is 0 Å². The van der Waals surface area contributed by atoms with E-state index in [4.69, 9.17) is 15.3 Å². The van der Waals surface area contributed by atoms with Crippen molar-refractivity contribution in [3.05, 3.63) is 15.3 Å². The molecular formula is ClFeNNaO3+2. The van der Waals surface area contributed by atoms with Gasteiger partial charge in [0.2, 0.25) is 0 Å². The fourth-order valence-corrected chi connectivity index (χ4v) is 0. The van der Waals surface area contributed by atoms with Crippen LogP contribution in [0.2, 0.25) is 0 Å². The van der Waals surface area contributed by atoms with E-state index in [9.17, 15) is 0 Å². The van der Waals surface area contributed by atoms with E-state index in [2.05, 4.69) is 0 Å². The molecule has 0 aliphatic carbocycles. The van der Waals surface area contributed by atoms with Gasteiger partial charge in [-0.05, 0) is 0 Å². The van der Waals surface area contributed by atoms with Gasteiger partial charge in [0, 0.05) is 0 Å². The van der Waals surface area contributed by atoms with E-state index in [0.717, 1.165) is 0 Å². The smallest absolute Gasteiger partial charge is 1.00 e. The molecule has 0 spiro atoms. The normalized spacial score (nSPS) is 3.43. The largest absolute Gasteiger partial charge is 3.00 e. The van der Waals surface area contributed by atoms with Crippen molar-refractivity contribution < 1.29 is 64.1 Å². The van der Waals surface area contributed by atoms with Gasteiger partial charge >= 0.3 is 46.6 Å². The molecule has 0 fully saturated rings. The topological polar surface area (TPSA) is 66.2 Å². The Hall–Kier alpha value is 1.01. The fourth-order valence-electron chi connectivity index (χ4n) is 0. The molecule has 0 aromatic rings. The summed E-state index contributed by atoms with van der Waals surface area (Å²) in [4.78, 5) is 8.25. The quantitative estimate of drug-likeness (QED) is 0.209. The first kappa shape index (κ1) is 24.5. The number of rotatable bonds is 0. The molecule has 0 atom stereocenters. The number of hydrogen-bond acceptors (Lipinski definition) is 3. The third-order valence-corrected chi connectivity index (χ3v) is 0. The minimum absolute atomic E-state index is 0. The summed E-state index contributed by atoms with van der Waals surface area (Å²) in [5, 5.41) is 14.8. The van der Waals surface area contributed by atoms with Gasteiger partial charge in [0.25, 0.3) is 0 Å². The van der Waals surface area contributed by atoms with Crippen LogP contribution in [0.1, 0.15) is 0 Å². The minimum Gasteiger partial charge on any atom is -1.00 e. The average molecular weight is 176 g/mol. The third kappa shape index (κ3) is 173. The molecule has 4 nitrogen and oxygen atoms in total. The first-order chi connectivity index (χ1) is 1.73. The zero-order chi connectivity index (χ0) is 3.58. The second-order valence-electron chi connectivity index (χ2n) is 0.224. The Morgan fingerprint density at radius 1 is 1.29 bits per heavy atom. The predicted octanol–water partition coefficient (Wildman–Crippen LogP) is -6.23. The van der Waals surface area contributed by atoms with E-state index in [1.807, 2.05) is 0 Å². The Labute approximate surface area is 78.9 Å². The van der Waals surface area contributed by atoms with Crippen LogP contribution >= 0.6 is 0 Å². The van der Waals surface area contributed by atoms with Crippen LogP contribution in [0.15, 0.2) is 0 Å². The maximum atomic E-state index is 8.25. The Morgan fingerprint density at radius 3 is 1.29 bits per heavy atom. The average Bonchev–Trinajstić information content (AvgIpc) is 0.811. The number of nitrogens with zero attached hydrogens (tertiary/aromatic N) is 1. The van der Waals surface area contributed by atoms with Crippen molar-refractivity contribution in [3.8, 4) is 0 Å². The van der Waals surface area contributed by atoms with Crippen LogP contribution in [-0.4, -0.2) is 5.09 Å². The van der Waals surface area contributed by atoms with Crippen LogP contribution in [0.5, 0.6) is 0 Å². The van der Waals surface area contributed by atoms with Crippen molar-refractivity contribution >= 4 is 0 Å². The van der Waals surface area contributed by atoms with E-state index in [0.29, 0.717) is 0 Å². The molecule has 0 amide bonds. The Kier molecular flexibility index (Phi) is 55.1. The van der Waals surface area contributed by atoms with E-state index >= 15 is 0 Å². The van der Waals surface area contributed by atoms with Crippen molar-refractivity contribution in [3.63, 3.8) is 0 Å². The van der Waals surface area contributed by atoms with Crippen molar-refractivity contribution in [2.24, 2.45) is 0 Å². The Bertz CT molecular complexity index is 37.9. The molecule has 1 radical (unpaired) electrons. The molecule has 0 saturated heterocycles. The van der Waals surface area contributed by atoms with Gasteiger partial charge in [-0.3, -0.25) is 0 Å². The first-order valence-corrected chi connectivity index (χ1v) is 0.548. The molecule has 0 aromatic heterocycles. The van der Waals surface area contributed by atoms with E-state index < -0.39 is 5.09 Å². The molecule has 0 heterocycles. The van der Waals surface area contributed by atoms with Gasteiger partial charge in [0.15, 0.2) is 0 Å². The molecule has 0 unspecified atom stereocenters. The molecule has 7 heavy (non-hydrogen) atoms. The summed E-state index contributed by atoms with van der Waals surface area (Å²) < 4.78 is 0. The third-order valence-electron chi connectivity index (χ3n) is 0. The summed E-state index contributed by atoms with van der Waals surface area (Å²) in [6, 6.07) is 0. The van der Waals surface area contributed by atoms with Crippen molar-refractivity contribution in [1.29, 1.82) is 0 Å². The minimum atomic E-state index is -1.75. The van der Waals surface area contributed by atoms with Crippen LogP contribution in [-0.2, 0) is 17.1 Å². The molecule has 0 aliphatic rings. The Morgan fingerprint density at radius 2 is 1.29 bits per heavy atom. The standard InChI is InChI=1S/ClH.Fe.NO3.Na/c;;2-1(3)4;/h1H;;;/q;+3;-1;+1/p-1. The molecule has 0 N–H and O–H groups in total. The van der Waals surface area contributed by atoms with E-state index in [1.54, 1.807) is 0 Å². The van der Waals surface area contributed by atoms with Gasteiger partial charge in [-0.15, -0.1) is 0 Å². The summed E-state index contributed by atoms with van der Waals surface area (Å²) in [5.74, 6) is 0. The van der Waals surface area contributed by atoms with Gasteiger partial charge in [-0.1, -0.05) is 0 Å². The summed E-state index contributed by atoms with van der Waals surface area (Å²) in [5.41, 5.74) is 0. The van der Waals surface area contributed by atoms with Crippen LogP contribution in [0.3, 0.4) is 0 Å². The van der Waals surface area contributed by atoms with Gasteiger partial charge in [0.1, 0.15) is 0 Å². The summed E-state index contributed by atoms with van der Waals surface area (Å²) in [7, 11) is 0. The molecule has 0 bridgehead atoms. The monoisotopic (exact) mass is 176 g/mol. The van der Waals surface area contributed by atoms with Crippen LogP contribution in [0.25, 0.3) is 0 Å². The zero-order valence-corrected chi connectivity index (χ0v) is 7.26. The summed E-state index contributed by atoms with van der Waals surface area (Å²) in [6.45, 7) is 0. The first-order valence-electron chi connectivity index (χ1n) is 0.548. The van der Waals surface area contributed by atoms with Gasteiger partial charge in [-0.2, -0.15) is 0 Å². The van der Waals surface area contributed by atoms with Crippen LogP contribution in [0, 0.1) is 15.3 Å². The second kappa shape index (κ2) is 15.7. The molecule has 37 valence electrons. The zero-order valence-electron chi connectivity index (χ0n) is 3.40. The van der Waals surface area contributed by atoms with Crippen molar-refractivity contribution in [1.82, 2.24) is 0 Å². The molecular weight excluding hydrogens is 176 g/mol. The summed E-state index contributed by atoms with van der Waals surface area (Å²) in [6.07, 6.45) is 0. The van der Waals surface area contributed by atoms with Crippen LogP contribution < -0.4 is 42.0 Å². The maximum Gasteiger partial charge on any atom is 3.00 e. The van der Waals surface area contributed by atoms with E-state index in [-0.39, 0.29) is 59.0 Å². The molecule has 0 saturated carbocycles. The molecule has 0 rings (SSSR count). The second-order valence-corrected chi connectivity index (χ2v) is 0.224. The van der Waals surface area contributed by atoms with Gasteiger partial charge in [0.05, 0.1) is 5.09 Å². The molecule has 0 aliphatic heterocycles. The van der Waals surface area contributed by atoms with Crippen molar-refractivity contribution in [2.45, 2.75) is 0 Å². The number of halogens is 1. The fraction of sp³-hybridized carbons (Fsp3) is 0. The SMILES string of the molecule is O=[N+]([O-])[O-].[Cl-].[Fe+3].[Na+]. The van der Waals surface area contributed by atoms with Gasteiger partial charge < -0.3 is 27.7 Å². The molecule has 7 heteroatoms. The van der Waals surface area contributed by atoms with Gasteiger partial charge in [-0.25, -0.2) is 0 Å². The number of hydrogen-bond donors (Lipinski definition) is 0. The predicted molar refractivity (Wildman–Crippen MR) is 10.4 cm³/mol. The van der Waals surface area contributed by atoms with E-state index in [1.165, 1.54) is 0 Å². The Balaban J connectivity index is -0.0000000150. The summed E-state index contributed by atoms with van der Waals surface area (Å²) >= 11 is 0.